The number of allylic oxidation sites excluding steroid dienone is 1. The van der Waals surface area contributed by atoms with Crippen molar-refractivity contribution in [2.45, 2.75) is 26.3 Å². The van der Waals surface area contributed by atoms with Crippen LogP contribution >= 0.6 is 0 Å². The molecule has 0 aromatic carbocycles. The Kier molecular flexibility index (Phi) is 4.84. The van der Waals surface area contributed by atoms with Gasteiger partial charge in [0.25, 0.3) is 0 Å². The molecule has 1 aliphatic heterocycles. The molecule has 3 nitrogen and oxygen atoms in total. The maximum atomic E-state index is 10.7. The van der Waals surface area contributed by atoms with E-state index in [0.29, 0.717) is 6.04 Å². The van der Waals surface area contributed by atoms with Crippen LogP contribution in [0.3, 0.4) is 0 Å². The van der Waals surface area contributed by atoms with Gasteiger partial charge in [0.2, 0.25) is 0 Å². The minimum Gasteiger partial charge on any atom is -0.315 e. The monoisotopic (exact) mass is 196 g/mol. The molecule has 0 aromatic rings. The maximum absolute atomic E-state index is 10.7. The van der Waals surface area contributed by atoms with Gasteiger partial charge in [-0.1, -0.05) is 6.08 Å². The average molecular weight is 196 g/mol. The van der Waals surface area contributed by atoms with Gasteiger partial charge in [0.05, 0.1) is 0 Å². The van der Waals surface area contributed by atoms with Crippen LogP contribution in [0.5, 0.6) is 0 Å². The Hall–Kier alpha value is -0.670. The fourth-order valence-electron chi connectivity index (χ4n) is 1.69. The topological polar surface area (TPSA) is 32.3 Å². The van der Waals surface area contributed by atoms with Crippen molar-refractivity contribution < 1.29 is 4.79 Å². The Bertz CT molecular complexity index is 213. The first kappa shape index (κ1) is 11.4. The Morgan fingerprint density at radius 1 is 1.64 bits per heavy atom. The molecule has 0 radical (unpaired) electrons. The van der Waals surface area contributed by atoms with E-state index in [1.807, 2.05) is 6.08 Å². The summed E-state index contributed by atoms with van der Waals surface area (Å²) in [4.78, 5) is 13.1. The van der Waals surface area contributed by atoms with E-state index in [9.17, 15) is 4.79 Å². The third-order valence-electron chi connectivity index (χ3n) is 2.55. The Morgan fingerprint density at radius 2 is 2.43 bits per heavy atom. The van der Waals surface area contributed by atoms with Crippen molar-refractivity contribution in [2.24, 2.45) is 0 Å². The number of hydrogen-bond donors (Lipinski definition) is 1. The minimum atomic E-state index is 0.130. The van der Waals surface area contributed by atoms with Crippen molar-refractivity contribution in [3.8, 4) is 0 Å². The molecule has 1 saturated heterocycles. The molecular formula is C11H20N2O. The Morgan fingerprint density at radius 3 is 3.14 bits per heavy atom. The second-order valence-electron chi connectivity index (χ2n) is 3.91. The van der Waals surface area contributed by atoms with E-state index < -0.39 is 0 Å². The molecule has 1 unspecified atom stereocenters. The summed E-state index contributed by atoms with van der Waals surface area (Å²) in [5.41, 5.74) is 0. The van der Waals surface area contributed by atoms with E-state index in [0.717, 1.165) is 26.2 Å². The lowest BCUT2D eigenvalue weighted by atomic mass is 10.2. The molecule has 0 aromatic heterocycles. The summed E-state index contributed by atoms with van der Waals surface area (Å²) in [7, 11) is 0. The lowest BCUT2D eigenvalue weighted by Gasteiger charge is -2.24. The molecule has 80 valence electrons. The minimum absolute atomic E-state index is 0.130. The molecule has 1 N–H and O–H groups in total. The quantitative estimate of drug-likeness (QED) is 0.678. The van der Waals surface area contributed by atoms with Crippen LogP contribution in [0.25, 0.3) is 0 Å². The summed E-state index contributed by atoms with van der Waals surface area (Å²) < 4.78 is 0. The third-order valence-corrected chi connectivity index (χ3v) is 2.55. The summed E-state index contributed by atoms with van der Waals surface area (Å²) in [6.07, 6.45) is 4.81. The molecule has 0 saturated carbocycles. The molecule has 3 heteroatoms. The molecule has 0 amide bonds. The number of nitrogens with one attached hydrogen (secondary N) is 1. The van der Waals surface area contributed by atoms with Gasteiger partial charge in [-0.3, -0.25) is 9.69 Å². The van der Waals surface area contributed by atoms with Gasteiger partial charge in [-0.15, -0.1) is 0 Å². The van der Waals surface area contributed by atoms with Gasteiger partial charge in [0.1, 0.15) is 0 Å². The van der Waals surface area contributed by atoms with Crippen LogP contribution in [0.2, 0.25) is 0 Å². The second kappa shape index (κ2) is 5.94. The molecular weight excluding hydrogens is 176 g/mol. The van der Waals surface area contributed by atoms with E-state index >= 15 is 0 Å². The van der Waals surface area contributed by atoms with E-state index in [1.165, 1.54) is 6.42 Å². The lowest BCUT2D eigenvalue weighted by molar-refractivity contribution is -0.112. The summed E-state index contributed by atoms with van der Waals surface area (Å²) in [5.74, 6) is 0.130. The highest BCUT2D eigenvalue weighted by atomic mass is 16.1. The van der Waals surface area contributed by atoms with Gasteiger partial charge in [-0.05, 0) is 32.9 Å². The fourth-order valence-corrected chi connectivity index (χ4v) is 1.69. The Balaban J connectivity index is 2.36. The molecule has 1 fully saturated rings. The zero-order valence-corrected chi connectivity index (χ0v) is 9.12. The highest BCUT2D eigenvalue weighted by Crippen LogP contribution is 2.03. The van der Waals surface area contributed by atoms with Gasteiger partial charge in [0.15, 0.2) is 5.78 Å². The SMILES string of the molecule is CC(=O)/C=C/CN1CCCNCC1C. The van der Waals surface area contributed by atoms with Crippen LogP contribution in [-0.2, 0) is 4.79 Å². The van der Waals surface area contributed by atoms with Gasteiger partial charge < -0.3 is 5.32 Å². The molecule has 0 aliphatic carbocycles. The van der Waals surface area contributed by atoms with Crippen LogP contribution in [0.1, 0.15) is 20.3 Å². The van der Waals surface area contributed by atoms with Gasteiger partial charge in [-0.2, -0.15) is 0 Å². The fraction of sp³-hybridized carbons (Fsp3) is 0.727. The normalized spacial score (nSPS) is 25.1. The van der Waals surface area contributed by atoms with Crippen molar-refractivity contribution in [1.82, 2.24) is 10.2 Å². The predicted molar refractivity (Wildman–Crippen MR) is 58.3 cm³/mol. The highest BCUT2D eigenvalue weighted by molar-refractivity contribution is 5.87. The molecule has 1 atom stereocenters. The maximum Gasteiger partial charge on any atom is 0.152 e. The third kappa shape index (κ3) is 4.03. The highest BCUT2D eigenvalue weighted by Gasteiger charge is 2.14. The van der Waals surface area contributed by atoms with Crippen LogP contribution in [0, 0.1) is 0 Å². The molecule has 0 spiro atoms. The van der Waals surface area contributed by atoms with Crippen molar-refractivity contribution in [3.63, 3.8) is 0 Å². The van der Waals surface area contributed by atoms with Crippen molar-refractivity contribution >= 4 is 5.78 Å². The van der Waals surface area contributed by atoms with E-state index in [-0.39, 0.29) is 5.78 Å². The smallest absolute Gasteiger partial charge is 0.152 e. The van der Waals surface area contributed by atoms with Crippen LogP contribution in [0.15, 0.2) is 12.2 Å². The Labute approximate surface area is 86.2 Å². The largest absolute Gasteiger partial charge is 0.315 e. The molecule has 14 heavy (non-hydrogen) atoms. The van der Waals surface area contributed by atoms with E-state index in [1.54, 1.807) is 13.0 Å². The molecule has 1 heterocycles. The van der Waals surface area contributed by atoms with Crippen molar-refractivity contribution in [2.75, 3.05) is 26.2 Å². The standard InChI is InChI=1S/C11H20N2O/c1-10-9-12-6-4-8-13(10)7-3-5-11(2)14/h3,5,10,12H,4,6-9H2,1-2H3/b5-3+. The van der Waals surface area contributed by atoms with Crippen LogP contribution < -0.4 is 5.32 Å². The summed E-state index contributed by atoms with van der Waals surface area (Å²) >= 11 is 0. The number of ketones is 1. The van der Waals surface area contributed by atoms with Crippen molar-refractivity contribution in [3.05, 3.63) is 12.2 Å². The van der Waals surface area contributed by atoms with Gasteiger partial charge >= 0.3 is 0 Å². The average Bonchev–Trinajstić information content (AvgIpc) is 2.31. The summed E-state index contributed by atoms with van der Waals surface area (Å²) in [6, 6.07) is 0.564. The molecule has 0 bridgehead atoms. The summed E-state index contributed by atoms with van der Waals surface area (Å²) in [6.45, 7) is 7.98. The first-order valence-electron chi connectivity index (χ1n) is 5.32. The van der Waals surface area contributed by atoms with Gasteiger partial charge in [-0.25, -0.2) is 0 Å². The number of carbonyl (C=O) groups is 1. The first-order valence-corrected chi connectivity index (χ1v) is 5.32. The number of carbonyl (C=O) groups excluding carboxylic acids is 1. The molecule has 1 rings (SSSR count). The predicted octanol–water partition coefficient (Wildman–Crippen LogP) is 0.815. The number of nitrogens with zero attached hydrogens (tertiary/aromatic N) is 1. The van der Waals surface area contributed by atoms with E-state index in [4.69, 9.17) is 0 Å². The number of rotatable bonds is 3. The zero-order valence-electron chi connectivity index (χ0n) is 9.12. The zero-order chi connectivity index (χ0) is 10.4. The first-order chi connectivity index (χ1) is 6.70. The second-order valence-corrected chi connectivity index (χ2v) is 3.91. The van der Waals surface area contributed by atoms with Crippen LogP contribution in [0.4, 0.5) is 0 Å². The van der Waals surface area contributed by atoms with Gasteiger partial charge in [0, 0.05) is 25.7 Å². The van der Waals surface area contributed by atoms with Crippen molar-refractivity contribution in [1.29, 1.82) is 0 Å². The summed E-state index contributed by atoms with van der Waals surface area (Å²) in [5, 5.41) is 3.39. The molecule has 1 aliphatic rings. The number of hydrogen-bond acceptors (Lipinski definition) is 3. The van der Waals surface area contributed by atoms with E-state index in [2.05, 4.69) is 17.1 Å². The lowest BCUT2D eigenvalue weighted by Crippen LogP contribution is -2.37. The van der Waals surface area contributed by atoms with Crippen LogP contribution in [-0.4, -0.2) is 42.9 Å².